The molecule has 1 heterocycles. The normalized spacial score (nSPS) is 19.1. The van der Waals surface area contributed by atoms with Crippen molar-refractivity contribution >= 4 is 11.8 Å². The van der Waals surface area contributed by atoms with Crippen molar-refractivity contribution < 1.29 is 9.59 Å². The second-order valence-electron chi connectivity index (χ2n) is 4.64. The lowest BCUT2D eigenvalue weighted by molar-refractivity contribution is -0.132. The smallest absolute Gasteiger partial charge is 0.251 e. The molecule has 1 saturated heterocycles. The van der Waals surface area contributed by atoms with E-state index in [-0.39, 0.29) is 17.9 Å². The van der Waals surface area contributed by atoms with Crippen molar-refractivity contribution in [3.05, 3.63) is 35.4 Å². The summed E-state index contributed by atoms with van der Waals surface area (Å²) in [4.78, 5) is 25.2. The zero-order chi connectivity index (χ0) is 13.8. The first-order valence-corrected chi connectivity index (χ1v) is 6.43. The molecule has 0 aromatic heterocycles. The number of carbonyl (C=O) groups excluding carboxylic acids is 2. The maximum Gasteiger partial charge on any atom is 0.251 e. The summed E-state index contributed by atoms with van der Waals surface area (Å²) in [6, 6.07) is 7.44. The number of hydrogen-bond acceptors (Lipinski definition) is 3. The van der Waals surface area contributed by atoms with Crippen LogP contribution in [-0.4, -0.2) is 43.4 Å². The van der Waals surface area contributed by atoms with Crippen LogP contribution in [0.15, 0.2) is 24.3 Å². The molecule has 0 bridgehead atoms. The van der Waals surface area contributed by atoms with Crippen LogP contribution in [0.4, 0.5) is 0 Å². The molecule has 2 rings (SSSR count). The van der Waals surface area contributed by atoms with Crippen molar-refractivity contribution in [1.29, 1.82) is 0 Å². The first kappa shape index (κ1) is 13.5. The molecule has 1 aliphatic heterocycles. The molecule has 0 radical (unpaired) electrons. The van der Waals surface area contributed by atoms with E-state index in [1.54, 1.807) is 20.0 Å². The third-order valence-corrected chi connectivity index (χ3v) is 3.41. The van der Waals surface area contributed by atoms with E-state index in [0.29, 0.717) is 12.1 Å². The molecular formula is C14H19N3O2. The molecule has 19 heavy (non-hydrogen) atoms. The van der Waals surface area contributed by atoms with Crippen LogP contribution in [0.1, 0.15) is 28.9 Å². The van der Waals surface area contributed by atoms with Crippen LogP contribution < -0.4 is 10.6 Å². The summed E-state index contributed by atoms with van der Waals surface area (Å²) in [7, 11) is 1.61. The van der Waals surface area contributed by atoms with Gasteiger partial charge in [0.1, 0.15) is 0 Å². The fourth-order valence-corrected chi connectivity index (χ4v) is 2.41. The Morgan fingerprint density at radius 3 is 2.89 bits per heavy atom. The second kappa shape index (κ2) is 5.84. The van der Waals surface area contributed by atoms with Gasteiger partial charge in [-0.1, -0.05) is 12.1 Å². The maximum absolute atomic E-state index is 11.7. The van der Waals surface area contributed by atoms with E-state index in [2.05, 4.69) is 10.6 Å². The molecule has 0 aliphatic carbocycles. The lowest BCUT2D eigenvalue weighted by Crippen LogP contribution is -2.47. The molecule has 1 aliphatic rings. The number of nitrogens with zero attached hydrogens (tertiary/aromatic N) is 1. The van der Waals surface area contributed by atoms with E-state index >= 15 is 0 Å². The molecule has 1 aromatic rings. The summed E-state index contributed by atoms with van der Waals surface area (Å²) in [6.45, 7) is 3.81. The number of rotatable bonds is 2. The molecule has 2 N–H and O–H groups in total. The van der Waals surface area contributed by atoms with Crippen LogP contribution in [0.5, 0.6) is 0 Å². The summed E-state index contributed by atoms with van der Waals surface area (Å²) in [6.07, 6.45) is 0. The first-order valence-electron chi connectivity index (χ1n) is 6.43. The van der Waals surface area contributed by atoms with Crippen molar-refractivity contribution in [1.82, 2.24) is 15.5 Å². The van der Waals surface area contributed by atoms with Crippen LogP contribution in [0.25, 0.3) is 0 Å². The van der Waals surface area contributed by atoms with E-state index < -0.39 is 0 Å². The number of hydrogen-bond donors (Lipinski definition) is 2. The van der Waals surface area contributed by atoms with Gasteiger partial charge in [0.15, 0.2) is 0 Å². The predicted molar refractivity (Wildman–Crippen MR) is 72.8 cm³/mol. The van der Waals surface area contributed by atoms with Crippen LogP contribution in [0.3, 0.4) is 0 Å². The highest BCUT2D eigenvalue weighted by Crippen LogP contribution is 2.23. The van der Waals surface area contributed by atoms with Crippen molar-refractivity contribution in [3.63, 3.8) is 0 Å². The van der Waals surface area contributed by atoms with Gasteiger partial charge in [0.25, 0.3) is 5.91 Å². The maximum atomic E-state index is 11.7. The van der Waals surface area contributed by atoms with E-state index in [4.69, 9.17) is 0 Å². The Kier molecular flexibility index (Phi) is 4.16. The Morgan fingerprint density at radius 1 is 1.42 bits per heavy atom. The van der Waals surface area contributed by atoms with Gasteiger partial charge in [0, 0.05) is 39.2 Å². The SMILES string of the molecule is CNC(=O)c1cccc([C@@H]2CNCCN2C(C)=O)c1. The van der Waals surface area contributed by atoms with Gasteiger partial charge < -0.3 is 15.5 Å². The van der Waals surface area contributed by atoms with Crippen molar-refractivity contribution in [2.24, 2.45) is 0 Å². The first-order chi connectivity index (χ1) is 9.13. The number of carbonyl (C=O) groups is 2. The summed E-state index contributed by atoms with van der Waals surface area (Å²) in [5.74, 6) is -0.0446. The molecule has 5 nitrogen and oxygen atoms in total. The molecule has 5 heteroatoms. The fraction of sp³-hybridized carbons (Fsp3) is 0.429. The van der Waals surface area contributed by atoms with E-state index in [1.807, 2.05) is 23.1 Å². The molecule has 102 valence electrons. The van der Waals surface area contributed by atoms with Crippen LogP contribution >= 0.6 is 0 Å². The summed E-state index contributed by atoms with van der Waals surface area (Å²) < 4.78 is 0. The summed E-state index contributed by atoms with van der Waals surface area (Å²) >= 11 is 0. The third kappa shape index (κ3) is 2.93. The molecule has 0 unspecified atom stereocenters. The fourth-order valence-electron chi connectivity index (χ4n) is 2.41. The van der Waals surface area contributed by atoms with Gasteiger partial charge in [-0.2, -0.15) is 0 Å². The second-order valence-corrected chi connectivity index (χ2v) is 4.64. The van der Waals surface area contributed by atoms with E-state index in [0.717, 1.165) is 18.7 Å². The monoisotopic (exact) mass is 261 g/mol. The molecule has 1 fully saturated rings. The molecule has 0 spiro atoms. The van der Waals surface area contributed by atoms with Gasteiger partial charge in [0.2, 0.25) is 5.91 Å². The lowest BCUT2D eigenvalue weighted by Gasteiger charge is -2.36. The van der Waals surface area contributed by atoms with Gasteiger partial charge in [-0.3, -0.25) is 9.59 Å². The minimum Gasteiger partial charge on any atom is -0.355 e. The average molecular weight is 261 g/mol. The Balaban J connectivity index is 2.29. The Hall–Kier alpha value is -1.88. The number of benzene rings is 1. The molecule has 0 saturated carbocycles. The topological polar surface area (TPSA) is 61.4 Å². The zero-order valence-electron chi connectivity index (χ0n) is 11.3. The van der Waals surface area contributed by atoms with Gasteiger partial charge >= 0.3 is 0 Å². The zero-order valence-corrected chi connectivity index (χ0v) is 11.3. The molecule has 2 amide bonds. The Morgan fingerprint density at radius 2 is 2.21 bits per heavy atom. The third-order valence-electron chi connectivity index (χ3n) is 3.41. The Labute approximate surface area is 113 Å². The van der Waals surface area contributed by atoms with Gasteiger partial charge in [-0.15, -0.1) is 0 Å². The average Bonchev–Trinajstić information content (AvgIpc) is 2.46. The van der Waals surface area contributed by atoms with Crippen molar-refractivity contribution in [3.8, 4) is 0 Å². The minimum absolute atomic E-state index is 0.00384. The lowest BCUT2D eigenvalue weighted by atomic mass is 10.0. The van der Waals surface area contributed by atoms with E-state index in [1.165, 1.54) is 0 Å². The quantitative estimate of drug-likeness (QED) is 0.817. The highest BCUT2D eigenvalue weighted by molar-refractivity contribution is 5.94. The number of nitrogens with one attached hydrogen (secondary N) is 2. The minimum atomic E-state index is -0.111. The highest BCUT2D eigenvalue weighted by atomic mass is 16.2. The molecular weight excluding hydrogens is 242 g/mol. The van der Waals surface area contributed by atoms with Crippen molar-refractivity contribution in [2.45, 2.75) is 13.0 Å². The van der Waals surface area contributed by atoms with Crippen LogP contribution in [0.2, 0.25) is 0 Å². The Bertz CT molecular complexity index is 487. The largest absolute Gasteiger partial charge is 0.355 e. The van der Waals surface area contributed by atoms with Crippen molar-refractivity contribution in [2.75, 3.05) is 26.7 Å². The number of amides is 2. The van der Waals surface area contributed by atoms with E-state index in [9.17, 15) is 9.59 Å². The van der Waals surface area contributed by atoms with Crippen LogP contribution in [-0.2, 0) is 4.79 Å². The van der Waals surface area contributed by atoms with Gasteiger partial charge in [0.05, 0.1) is 6.04 Å². The van der Waals surface area contributed by atoms with Gasteiger partial charge in [-0.05, 0) is 17.7 Å². The summed E-state index contributed by atoms with van der Waals surface area (Å²) in [5, 5.41) is 5.90. The molecule has 1 aromatic carbocycles. The number of piperazine rings is 1. The molecule has 1 atom stereocenters. The van der Waals surface area contributed by atoms with Gasteiger partial charge in [-0.25, -0.2) is 0 Å². The van der Waals surface area contributed by atoms with Crippen LogP contribution in [0, 0.1) is 0 Å². The standard InChI is InChI=1S/C14H19N3O2/c1-10(18)17-7-6-16-9-13(17)11-4-3-5-12(8-11)14(19)15-2/h3-5,8,13,16H,6-7,9H2,1-2H3,(H,15,19)/t13-/m0/s1. The highest BCUT2D eigenvalue weighted by Gasteiger charge is 2.25. The predicted octanol–water partition coefficient (Wildman–Crippen LogP) is 0.539. The summed E-state index contributed by atoms with van der Waals surface area (Å²) in [5.41, 5.74) is 1.61.